The van der Waals surface area contributed by atoms with E-state index >= 15 is 0 Å². The van der Waals surface area contributed by atoms with Gasteiger partial charge >= 0.3 is 0 Å². The number of aromatic nitrogens is 6. The quantitative estimate of drug-likeness (QED) is 0.126. The van der Waals surface area contributed by atoms with E-state index in [-0.39, 0.29) is 0 Å². The molecule has 0 unspecified atom stereocenters. The highest BCUT2D eigenvalue weighted by Crippen LogP contribution is 2.44. The molecule has 4 heterocycles. The molecule has 0 saturated heterocycles. The highest BCUT2D eigenvalue weighted by molar-refractivity contribution is 6.21. The standard InChI is InChI=1S/C52H38N6/c1-55-31-27-39(28-32-55)57-47-17-9-7-15-45(47)53-51(57)37-23-19-35(20-24-37)49-41-11-3-5-13-43(41)50(44-14-6-4-12-42(44)49)36-21-25-38(26-22-36)52-54-46-16-8-10-18-48(46)58(52)40-29-33-56(2)34-30-40/h3-34H,1-2H3/q+2. The molecule has 6 nitrogen and oxygen atoms in total. The van der Waals surface area contributed by atoms with E-state index < -0.39 is 0 Å². The molecule has 0 N–H and O–H groups in total. The summed E-state index contributed by atoms with van der Waals surface area (Å²) in [6.07, 6.45) is 8.31. The van der Waals surface area contributed by atoms with Gasteiger partial charge in [-0.05, 0) is 68.1 Å². The maximum Gasteiger partial charge on any atom is 0.170 e. The zero-order chi connectivity index (χ0) is 38.7. The molecule has 0 amide bonds. The van der Waals surface area contributed by atoms with Gasteiger partial charge in [-0.25, -0.2) is 19.1 Å². The topological polar surface area (TPSA) is 43.4 Å². The molecule has 0 aliphatic rings. The summed E-state index contributed by atoms with van der Waals surface area (Å²) in [6.45, 7) is 0. The first kappa shape index (κ1) is 33.6. The molecule has 7 aromatic carbocycles. The first-order valence-corrected chi connectivity index (χ1v) is 19.6. The first-order chi connectivity index (χ1) is 28.6. The lowest BCUT2D eigenvalue weighted by atomic mass is 9.85. The van der Waals surface area contributed by atoms with Crippen LogP contribution in [0.4, 0.5) is 0 Å². The van der Waals surface area contributed by atoms with Gasteiger partial charge in [0, 0.05) is 35.4 Å². The van der Waals surface area contributed by atoms with Crippen LogP contribution < -0.4 is 9.13 Å². The zero-order valence-electron chi connectivity index (χ0n) is 32.2. The van der Waals surface area contributed by atoms with Gasteiger partial charge in [0.2, 0.25) is 0 Å². The molecule has 0 fully saturated rings. The third kappa shape index (κ3) is 5.49. The van der Waals surface area contributed by atoms with Gasteiger partial charge in [0.05, 0.1) is 33.4 Å². The molecule has 58 heavy (non-hydrogen) atoms. The van der Waals surface area contributed by atoms with Crippen LogP contribution in [-0.2, 0) is 14.1 Å². The predicted octanol–water partition coefficient (Wildman–Crippen LogP) is 11.0. The summed E-state index contributed by atoms with van der Waals surface area (Å²) in [5, 5.41) is 4.88. The maximum absolute atomic E-state index is 5.14. The number of hydrogen-bond donors (Lipinski definition) is 0. The van der Waals surface area contributed by atoms with Crippen molar-refractivity contribution in [1.82, 2.24) is 19.1 Å². The van der Waals surface area contributed by atoms with Gasteiger partial charge in [-0.2, -0.15) is 0 Å². The van der Waals surface area contributed by atoms with E-state index in [1.165, 1.54) is 43.8 Å². The largest absolute Gasteiger partial charge is 0.292 e. The zero-order valence-corrected chi connectivity index (χ0v) is 32.2. The summed E-state index contributed by atoms with van der Waals surface area (Å²) in [5.41, 5.74) is 13.2. The second-order valence-electron chi connectivity index (χ2n) is 15.0. The molecule has 11 rings (SSSR count). The average Bonchev–Trinajstić information content (AvgIpc) is 3.86. The Balaban J connectivity index is 1.03. The van der Waals surface area contributed by atoms with Crippen molar-refractivity contribution in [2.24, 2.45) is 14.1 Å². The van der Waals surface area contributed by atoms with Crippen LogP contribution in [0.15, 0.2) is 195 Å². The fourth-order valence-corrected chi connectivity index (χ4v) is 8.57. The molecule has 11 aromatic rings. The number of aryl methyl sites for hydroxylation is 2. The summed E-state index contributed by atoms with van der Waals surface area (Å²) < 4.78 is 8.62. The van der Waals surface area contributed by atoms with Crippen molar-refractivity contribution in [2.45, 2.75) is 0 Å². The lowest BCUT2D eigenvalue weighted by Gasteiger charge is -2.18. The molecule has 0 radical (unpaired) electrons. The Morgan fingerprint density at radius 2 is 0.655 bits per heavy atom. The Morgan fingerprint density at radius 3 is 1.02 bits per heavy atom. The number of fused-ring (bicyclic) bond motifs is 4. The summed E-state index contributed by atoms with van der Waals surface area (Å²) in [5.74, 6) is 1.84. The molecule has 274 valence electrons. The van der Waals surface area contributed by atoms with E-state index in [1.54, 1.807) is 0 Å². The number of benzene rings is 7. The predicted molar refractivity (Wildman–Crippen MR) is 235 cm³/mol. The number of nitrogens with zero attached hydrogens (tertiary/aromatic N) is 6. The molecular formula is C52H38N6+2. The second-order valence-corrected chi connectivity index (χ2v) is 15.0. The Labute approximate surface area is 335 Å². The van der Waals surface area contributed by atoms with Crippen molar-refractivity contribution in [3.8, 4) is 56.4 Å². The second kappa shape index (κ2) is 13.5. The van der Waals surface area contributed by atoms with Crippen LogP contribution in [-0.4, -0.2) is 19.1 Å². The minimum atomic E-state index is 0.920. The van der Waals surface area contributed by atoms with Gasteiger partial charge in [0.1, 0.15) is 25.7 Å². The van der Waals surface area contributed by atoms with E-state index in [1.807, 2.05) is 14.1 Å². The summed E-state index contributed by atoms with van der Waals surface area (Å²) in [6, 6.07) is 60.8. The summed E-state index contributed by atoms with van der Waals surface area (Å²) in [7, 11) is 4.08. The van der Waals surface area contributed by atoms with Crippen LogP contribution in [0, 0.1) is 0 Å². The van der Waals surface area contributed by atoms with Gasteiger partial charge in [0.15, 0.2) is 24.8 Å². The fraction of sp³-hybridized carbons (Fsp3) is 0.0385. The van der Waals surface area contributed by atoms with E-state index in [9.17, 15) is 0 Å². The third-order valence-corrected chi connectivity index (χ3v) is 11.4. The first-order valence-electron chi connectivity index (χ1n) is 19.6. The van der Waals surface area contributed by atoms with Crippen molar-refractivity contribution >= 4 is 43.6 Å². The van der Waals surface area contributed by atoms with E-state index in [0.29, 0.717) is 0 Å². The van der Waals surface area contributed by atoms with Crippen molar-refractivity contribution in [1.29, 1.82) is 0 Å². The van der Waals surface area contributed by atoms with Crippen molar-refractivity contribution in [3.63, 3.8) is 0 Å². The van der Waals surface area contributed by atoms with Crippen molar-refractivity contribution in [3.05, 3.63) is 195 Å². The third-order valence-electron chi connectivity index (χ3n) is 11.4. The minimum Gasteiger partial charge on any atom is -0.292 e. The van der Waals surface area contributed by atoms with Gasteiger partial charge in [-0.3, -0.25) is 9.13 Å². The van der Waals surface area contributed by atoms with Crippen LogP contribution >= 0.6 is 0 Å². The van der Waals surface area contributed by atoms with Gasteiger partial charge in [-0.15, -0.1) is 0 Å². The van der Waals surface area contributed by atoms with Gasteiger partial charge in [0.25, 0.3) is 0 Å². The molecular weight excluding hydrogens is 709 g/mol. The van der Waals surface area contributed by atoms with Gasteiger partial charge in [-0.1, -0.05) is 121 Å². The van der Waals surface area contributed by atoms with Crippen molar-refractivity contribution < 1.29 is 9.13 Å². The van der Waals surface area contributed by atoms with Crippen molar-refractivity contribution in [2.75, 3.05) is 0 Å². The number of rotatable bonds is 6. The lowest BCUT2D eigenvalue weighted by molar-refractivity contribution is -0.671. The molecule has 0 atom stereocenters. The molecule has 0 spiro atoms. The molecule has 0 saturated carbocycles. The van der Waals surface area contributed by atoms with E-state index in [4.69, 9.17) is 9.97 Å². The minimum absolute atomic E-state index is 0.920. The lowest BCUT2D eigenvalue weighted by Crippen LogP contribution is -2.26. The monoisotopic (exact) mass is 746 g/mol. The van der Waals surface area contributed by atoms with Crippen LogP contribution in [0.1, 0.15) is 0 Å². The molecule has 6 heteroatoms. The van der Waals surface area contributed by atoms with E-state index in [2.05, 4.69) is 213 Å². The summed E-state index contributed by atoms with van der Waals surface area (Å²) in [4.78, 5) is 10.3. The van der Waals surface area contributed by atoms with E-state index in [0.717, 1.165) is 56.2 Å². The van der Waals surface area contributed by atoms with Crippen LogP contribution in [0.5, 0.6) is 0 Å². The average molecular weight is 747 g/mol. The van der Waals surface area contributed by atoms with Crippen LogP contribution in [0.3, 0.4) is 0 Å². The number of pyridine rings is 2. The molecule has 4 aromatic heterocycles. The maximum atomic E-state index is 5.14. The Bertz CT molecular complexity index is 3040. The molecule has 0 aliphatic heterocycles. The van der Waals surface area contributed by atoms with Gasteiger partial charge < -0.3 is 0 Å². The smallest absolute Gasteiger partial charge is 0.170 e. The highest BCUT2D eigenvalue weighted by atomic mass is 15.1. The Hall–Kier alpha value is -7.70. The number of hydrogen-bond acceptors (Lipinski definition) is 2. The SMILES string of the molecule is C[n+]1ccc(-n2c(-c3ccc(-c4c5ccccc5c(-c5ccc(-c6nc7ccccc7n6-c6cc[n+](C)cc6)cc5)c5ccccc45)cc3)nc3ccccc32)cc1. The number of imidazole rings is 2. The Morgan fingerprint density at radius 1 is 0.345 bits per heavy atom. The molecule has 0 bridgehead atoms. The van der Waals surface area contributed by atoms with Crippen LogP contribution in [0.2, 0.25) is 0 Å². The Kier molecular flexibility index (Phi) is 7.83. The number of para-hydroxylation sites is 4. The summed E-state index contributed by atoms with van der Waals surface area (Å²) >= 11 is 0. The normalized spacial score (nSPS) is 11.6. The fourth-order valence-electron chi connectivity index (χ4n) is 8.57. The van der Waals surface area contributed by atoms with Crippen LogP contribution in [0.25, 0.3) is 100 Å². The molecule has 0 aliphatic carbocycles. The highest BCUT2D eigenvalue weighted by Gasteiger charge is 2.20.